The molecule has 1 heterocycles. The first-order chi connectivity index (χ1) is 13.1. The molecule has 1 saturated heterocycles. The third-order valence-electron chi connectivity index (χ3n) is 4.43. The smallest absolute Gasteiger partial charge is 0.387 e. The second-order valence-electron chi connectivity index (χ2n) is 6.51. The zero-order valence-corrected chi connectivity index (χ0v) is 18.9. The minimum Gasteiger partial charge on any atom is -0.435 e. The van der Waals surface area contributed by atoms with Crippen LogP contribution in [0.1, 0.15) is 18.4 Å². The Balaban J connectivity index is 0.00000392. The van der Waals surface area contributed by atoms with Crippen LogP contribution in [-0.2, 0) is 11.3 Å². The Hall–Kier alpha value is -1.20. The van der Waals surface area contributed by atoms with E-state index in [1.54, 1.807) is 31.3 Å². The number of morpholine rings is 1. The summed E-state index contributed by atoms with van der Waals surface area (Å²) >= 11 is 0. The third kappa shape index (κ3) is 9.33. The number of hydrogen-bond donors (Lipinski definition) is 1. The summed E-state index contributed by atoms with van der Waals surface area (Å²) in [4.78, 5) is 8.75. The van der Waals surface area contributed by atoms with Gasteiger partial charge in [0.15, 0.2) is 5.96 Å². The highest BCUT2D eigenvalue weighted by Crippen LogP contribution is 2.15. The Labute approximate surface area is 183 Å². The van der Waals surface area contributed by atoms with Gasteiger partial charge in [-0.15, -0.1) is 24.0 Å². The predicted octanol–water partition coefficient (Wildman–Crippen LogP) is 3.03. The van der Waals surface area contributed by atoms with Crippen molar-refractivity contribution < 1.29 is 18.3 Å². The van der Waals surface area contributed by atoms with Gasteiger partial charge in [0, 0.05) is 40.3 Å². The number of halogens is 3. The lowest BCUT2D eigenvalue weighted by Crippen LogP contribution is -2.39. The van der Waals surface area contributed by atoms with Crippen LogP contribution in [0.2, 0.25) is 0 Å². The van der Waals surface area contributed by atoms with Gasteiger partial charge in [0.25, 0.3) is 0 Å². The van der Waals surface area contributed by atoms with Gasteiger partial charge >= 0.3 is 6.61 Å². The molecule has 28 heavy (non-hydrogen) atoms. The van der Waals surface area contributed by atoms with Crippen LogP contribution >= 0.6 is 24.0 Å². The SMILES string of the molecule is CN=C(NCCCCN1CCOCC1)N(C)Cc1ccc(OC(F)F)cc1.I. The number of unbranched alkanes of at least 4 members (excludes halogenated alkanes) is 1. The van der Waals surface area contributed by atoms with E-state index in [1.807, 2.05) is 11.9 Å². The van der Waals surface area contributed by atoms with Crippen molar-refractivity contribution in [3.05, 3.63) is 29.8 Å². The van der Waals surface area contributed by atoms with Crippen molar-refractivity contribution in [3.63, 3.8) is 0 Å². The average Bonchev–Trinajstić information content (AvgIpc) is 2.66. The van der Waals surface area contributed by atoms with Gasteiger partial charge in [0.2, 0.25) is 0 Å². The zero-order chi connectivity index (χ0) is 19.5. The highest BCUT2D eigenvalue weighted by atomic mass is 127. The molecule has 0 unspecified atom stereocenters. The molecule has 0 atom stereocenters. The summed E-state index contributed by atoms with van der Waals surface area (Å²) in [5.41, 5.74) is 0.995. The van der Waals surface area contributed by atoms with E-state index in [-0.39, 0.29) is 29.7 Å². The lowest BCUT2D eigenvalue weighted by molar-refractivity contribution is -0.0498. The number of nitrogens with zero attached hydrogens (tertiary/aromatic N) is 3. The van der Waals surface area contributed by atoms with Gasteiger partial charge in [0.1, 0.15) is 5.75 Å². The van der Waals surface area contributed by atoms with Crippen LogP contribution in [0.3, 0.4) is 0 Å². The molecule has 1 N–H and O–H groups in total. The molecule has 0 spiro atoms. The maximum Gasteiger partial charge on any atom is 0.387 e. The third-order valence-corrected chi connectivity index (χ3v) is 4.43. The molecule has 6 nitrogen and oxygen atoms in total. The lowest BCUT2D eigenvalue weighted by atomic mass is 10.2. The second kappa shape index (κ2) is 13.9. The Morgan fingerprint density at radius 3 is 2.54 bits per heavy atom. The van der Waals surface area contributed by atoms with E-state index in [0.29, 0.717) is 6.54 Å². The summed E-state index contributed by atoms with van der Waals surface area (Å²) in [5, 5.41) is 3.37. The quantitative estimate of drug-likeness (QED) is 0.239. The number of rotatable bonds is 9. The minimum atomic E-state index is -2.80. The summed E-state index contributed by atoms with van der Waals surface area (Å²) in [6.07, 6.45) is 2.21. The molecule has 0 aliphatic carbocycles. The molecular formula is C19H31F2IN4O2. The first-order valence-electron chi connectivity index (χ1n) is 9.34. The summed E-state index contributed by atoms with van der Waals surface area (Å²) in [6, 6.07) is 6.67. The van der Waals surface area contributed by atoms with Crippen LogP contribution in [0.4, 0.5) is 8.78 Å². The van der Waals surface area contributed by atoms with Crippen molar-refractivity contribution in [2.45, 2.75) is 26.0 Å². The van der Waals surface area contributed by atoms with Crippen LogP contribution in [0.5, 0.6) is 5.75 Å². The number of alkyl halides is 2. The number of ether oxygens (including phenoxy) is 2. The highest BCUT2D eigenvalue weighted by Gasteiger charge is 2.10. The summed E-state index contributed by atoms with van der Waals surface area (Å²) in [5.74, 6) is 0.980. The maximum absolute atomic E-state index is 12.2. The molecule has 1 aliphatic heterocycles. The molecule has 160 valence electrons. The minimum absolute atomic E-state index is 0. The predicted molar refractivity (Wildman–Crippen MR) is 118 cm³/mol. The molecule has 0 bridgehead atoms. The Kier molecular flexibility index (Phi) is 12.3. The molecule has 1 aromatic carbocycles. The zero-order valence-electron chi connectivity index (χ0n) is 16.6. The molecule has 0 saturated carbocycles. The number of hydrogen-bond acceptors (Lipinski definition) is 4. The van der Waals surface area contributed by atoms with Gasteiger partial charge in [-0.1, -0.05) is 12.1 Å². The normalized spacial score (nSPS) is 15.2. The number of nitrogens with one attached hydrogen (secondary N) is 1. The molecular weight excluding hydrogens is 481 g/mol. The maximum atomic E-state index is 12.2. The van der Waals surface area contributed by atoms with Crippen molar-refractivity contribution >= 4 is 29.9 Å². The molecule has 2 rings (SSSR count). The second-order valence-corrected chi connectivity index (χ2v) is 6.51. The van der Waals surface area contributed by atoms with E-state index in [2.05, 4.69) is 19.9 Å². The van der Waals surface area contributed by atoms with Crippen LogP contribution in [0, 0.1) is 0 Å². The molecule has 0 amide bonds. The van der Waals surface area contributed by atoms with Gasteiger partial charge in [-0.05, 0) is 37.1 Å². The highest BCUT2D eigenvalue weighted by molar-refractivity contribution is 14.0. The van der Waals surface area contributed by atoms with Crippen molar-refractivity contribution in [2.75, 3.05) is 53.5 Å². The van der Waals surface area contributed by atoms with Crippen LogP contribution < -0.4 is 10.1 Å². The van der Waals surface area contributed by atoms with E-state index in [9.17, 15) is 8.78 Å². The van der Waals surface area contributed by atoms with Gasteiger partial charge < -0.3 is 19.7 Å². The Morgan fingerprint density at radius 1 is 1.25 bits per heavy atom. The fourth-order valence-corrected chi connectivity index (χ4v) is 3.00. The van der Waals surface area contributed by atoms with Crippen molar-refractivity contribution in [2.24, 2.45) is 4.99 Å². The van der Waals surface area contributed by atoms with E-state index in [4.69, 9.17) is 4.74 Å². The van der Waals surface area contributed by atoms with Crippen LogP contribution in [0.15, 0.2) is 29.3 Å². The number of aliphatic imine (C=N–C) groups is 1. The van der Waals surface area contributed by atoms with Gasteiger partial charge in [-0.2, -0.15) is 8.78 Å². The van der Waals surface area contributed by atoms with Crippen molar-refractivity contribution in [1.29, 1.82) is 0 Å². The van der Waals surface area contributed by atoms with Crippen molar-refractivity contribution in [3.8, 4) is 5.75 Å². The summed E-state index contributed by atoms with van der Waals surface area (Å²) < 4.78 is 34.1. The molecule has 1 aliphatic rings. The molecule has 9 heteroatoms. The van der Waals surface area contributed by atoms with Crippen LogP contribution in [0.25, 0.3) is 0 Å². The fourth-order valence-electron chi connectivity index (χ4n) is 3.00. The summed E-state index contributed by atoms with van der Waals surface area (Å²) in [7, 11) is 3.71. The van der Waals surface area contributed by atoms with Gasteiger partial charge in [-0.3, -0.25) is 9.89 Å². The monoisotopic (exact) mass is 512 g/mol. The summed E-state index contributed by atoms with van der Waals surface area (Å²) in [6.45, 7) is 3.52. The fraction of sp³-hybridized carbons (Fsp3) is 0.632. The molecule has 0 aromatic heterocycles. The van der Waals surface area contributed by atoms with Gasteiger partial charge in [0.05, 0.1) is 13.2 Å². The molecule has 1 fully saturated rings. The van der Waals surface area contributed by atoms with E-state index in [0.717, 1.165) is 63.8 Å². The van der Waals surface area contributed by atoms with Gasteiger partial charge in [-0.25, -0.2) is 0 Å². The first-order valence-corrected chi connectivity index (χ1v) is 9.34. The number of benzene rings is 1. The van der Waals surface area contributed by atoms with E-state index in [1.165, 1.54) is 0 Å². The largest absolute Gasteiger partial charge is 0.435 e. The van der Waals surface area contributed by atoms with E-state index < -0.39 is 6.61 Å². The van der Waals surface area contributed by atoms with E-state index >= 15 is 0 Å². The molecule has 1 aromatic rings. The average molecular weight is 512 g/mol. The topological polar surface area (TPSA) is 49.3 Å². The first kappa shape index (κ1) is 24.8. The lowest BCUT2D eigenvalue weighted by Gasteiger charge is -2.26. The Morgan fingerprint density at radius 2 is 1.93 bits per heavy atom. The van der Waals surface area contributed by atoms with Crippen LogP contribution in [-0.4, -0.2) is 75.9 Å². The molecule has 0 radical (unpaired) electrons. The van der Waals surface area contributed by atoms with Crippen molar-refractivity contribution in [1.82, 2.24) is 15.1 Å². The Bertz CT molecular complexity index is 570. The standard InChI is InChI=1S/C19H30F2N4O2.HI/c1-22-19(23-9-3-4-10-25-11-13-26-14-12-25)24(2)15-16-5-7-17(8-6-16)27-18(20)21;/h5-8,18H,3-4,9-15H2,1-2H3,(H,22,23);1H. The number of guanidine groups is 1.